The summed E-state index contributed by atoms with van der Waals surface area (Å²) in [5.41, 5.74) is 0.801. The molecule has 2 amide bonds. The number of hydrogen-bond donors (Lipinski definition) is 1. The molecule has 3 heterocycles. The minimum atomic E-state index is -0.639. The maximum Gasteiger partial charge on any atom is 0.413 e. The number of nitrogens with one attached hydrogen (secondary N) is 1. The molecular formula is C25H35N7O5. The number of rotatable bonds is 5. The van der Waals surface area contributed by atoms with Crippen LogP contribution in [0, 0.1) is 0 Å². The van der Waals surface area contributed by atoms with Crippen LogP contribution in [0.15, 0.2) is 24.7 Å². The van der Waals surface area contributed by atoms with Gasteiger partial charge in [0.05, 0.1) is 18.1 Å². The largest absolute Gasteiger partial charge is 0.473 e. The van der Waals surface area contributed by atoms with Crippen molar-refractivity contribution in [2.45, 2.75) is 77.7 Å². The van der Waals surface area contributed by atoms with Crippen LogP contribution in [-0.4, -0.2) is 71.9 Å². The Morgan fingerprint density at radius 3 is 2.35 bits per heavy atom. The number of aromatic nitrogens is 5. The first-order valence-electron chi connectivity index (χ1n) is 12.2. The molecule has 12 heteroatoms. The number of carbonyl (C=O) groups is 2. The zero-order valence-corrected chi connectivity index (χ0v) is 22.6. The van der Waals surface area contributed by atoms with E-state index in [1.165, 1.54) is 0 Å². The second-order valence-electron chi connectivity index (χ2n) is 11.3. The molecule has 0 aliphatic heterocycles. The van der Waals surface area contributed by atoms with Crippen LogP contribution in [0.5, 0.6) is 5.88 Å². The van der Waals surface area contributed by atoms with Gasteiger partial charge in [-0.15, -0.1) is 5.10 Å². The van der Waals surface area contributed by atoms with Gasteiger partial charge in [-0.25, -0.2) is 19.1 Å². The number of anilines is 1. The summed E-state index contributed by atoms with van der Waals surface area (Å²) in [6.45, 7) is 10.9. The van der Waals surface area contributed by atoms with E-state index in [9.17, 15) is 9.59 Å². The Labute approximate surface area is 215 Å². The van der Waals surface area contributed by atoms with E-state index in [2.05, 4.69) is 15.5 Å². The van der Waals surface area contributed by atoms with E-state index in [0.717, 1.165) is 5.56 Å². The van der Waals surface area contributed by atoms with Crippen molar-refractivity contribution in [1.82, 2.24) is 29.3 Å². The van der Waals surface area contributed by atoms with Crippen molar-refractivity contribution in [3.63, 3.8) is 0 Å². The van der Waals surface area contributed by atoms with Crippen molar-refractivity contribution in [3.05, 3.63) is 24.7 Å². The molecule has 1 aliphatic carbocycles. The molecule has 0 atom stereocenters. The molecular weight excluding hydrogens is 478 g/mol. The van der Waals surface area contributed by atoms with Crippen LogP contribution in [0.1, 0.15) is 54.4 Å². The van der Waals surface area contributed by atoms with Crippen LogP contribution in [0.3, 0.4) is 0 Å². The third-order valence-corrected chi connectivity index (χ3v) is 5.63. The highest BCUT2D eigenvalue weighted by molar-refractivity contribution is 5.85. The molecule has 0 unspecified atom stereocenters. The Morgan fingerprint density at radius 2 is 1.76 bits per heavy atom. The molecule has 0 bridgehead atoms. The molecule has 0 saturated heterocycles. The maximum absolute atomic E-state index is 12.4. The maximum atomic E-state index is 12.4. The van der Waals surface area contributed by atoms with E-state index < -0.39 is 17.3 Å². The van der Waals surface area contributed by atoms with Crippen LogP contribution >= 0.6 is 0 Å². The Bertz CT molecular complexity index is 1290. The van der Waals surface area contributed by atoms with Crippen molar-refractivity contribution in [1.29, 1.82) is 0 Å². The molecule has 37 heavy (non-hydrogen) atoms. The fourth-order valence-corrected chi connectivity index (χ4v) is 3.80. The summed E-state index contributed by atoms with van der Waals surface area (Å²) in [4.78, 5) is 31.0. The molecule has 0 radical (unpaired) electrons. The fourth-order valence-electron chi connectivity index (χ4n) is 3.80. The van der Waals surface area contributed by atoms with Crippen molar-refractivity contribution < 1.29 is 23.8 Å². The lowest BCUT2D eigenvalue weighted by atomic mass is 9.88. The Hall–Kier alpha value is -3.83. The van der Waals surface area contributed by atoms with E-state index in [4.69, 9.17) is 19.2 Å². The number of amides is 2. The summed E-state index contributed by atoms with van der Waals surface area (Å²) in [5.74, 6) is 0.676. The molecule has 12 nitrogen and oxygen atoms in total. The Kier molecular flexibility index (Phi) is 6.78. The molecule has 3 aromatic heterocycles. The summed E-state index contributed by atoms with van der Waals surface area (Å²) < 4.78 is 20.4. The van der Waals surface area contributed by atoms with Crippen LogP contribution in [-0.2, 0) is 16.5 Å². The van der Waals surface area contributed by atoms with Crippen LogP contribution in [0.2, 0.25) is 0 Å². The van der Waals surface area contributed by atoms with Crippen molar-refractivity contribution in [3.8, 4) is 17.1 Å². The number of aryl methyl sites for hydroxylation is 1. The smallest absolute Gasteiger partial charge is 0.413 e. The fraction of sp³-hybridized carbons (Fsp3) is 0.560. The normalized spacial score (nSPS) is 17.7. The summed E-state index contributed by atoms with van der Waals surface area (Å²) >= 11 is 0. The topological polar surface area (TPSA) is 125 Å². The van der Waals surface area contributed by atoms with Gasteiger partial charge in [0.2, 0.25) is 5.88 Å². The van der Waals surface area contributed by atoms with Crippen molar-refractivity contribution >= 4 is 23.5 Å². The monoisotopic (exact) mass is 513 g/mol. The predicted molar refractivity (Wildman–Crippen MR) is 136 cm³/mol. The number of ether oxygens (including phenoxy) is 3. The zero-order valence-electron chi connectivity index (χ0n) is 22.6. The van der Waals surface area contributed by atoms with Crippen LogP contribution in [0.4, 0.5) is 15.4 Å². The summed E-state index contributed by atoms with van der Waals surface area (Å²) in [6.07, 6.45) is 5.46. The lowest BCUT2D eigenvalue weighted by Crippen LogP contribution is -2.51. The van der Waals surface area contributed by atoms with Gasteiger partial charge >= 0.3 is 12.2 Å². The van der Waals surface area contributed by atoms with Gasteiger partial charge in [-0.2, -0.15) is 5.10 Å². The van der Waals surface area contributed by atoms with Crippen LogP contribution in [0.25, 0.3) is 16.8 Å². The van der Waals surface area contributed by atoms with Gasteiger partial charge in [-0.3, -0.25) is 10.00 Å². The van der Waals surface area contributed by atoms with E-state index in [1.54, 1.807) is 60.4 Å². The molecule has 3 aromatic rings. The van der Waals surface area contributed by atoms with Gasteiger partial charge in [0.25, 0.3) is 0 Å². The van der Waals surface area contributed by atoms with E-state index in [1.807, 2.05) is 34.0 Å². The average molecular weight is 514 g/mol. The number of fused-ring (bicyclic) bond motifs is 1. The van der Waals surface area contributed by atoms with Gasteiger partial charge in [-0.05, 0) is 41.5 Å². The second kappa shape index (κ2) is 9.56. The number of hydrogen-bond acceptors (Lipinski definition) is 8. The average Bonchev–Trinajstić information content (AvgIpc) is 3.32. The van der Waals surface area contributed by atoms with Gasteiger partial charge in [0.15, 0.2) is 5.82 Å². The molecule has 0 aromatic carbocycles. The quantitative estimate of drug-likeness (QED) is 0.537. The first-order valence-corrected chi connectivity index (χ1v) is 12.2. The van der Waals surface area contributed by atoms with Gasteiger partial charge in [0, 0.05) is 50.8 Å². The highest BCUT2D eigenvalue weighted by Crippen LogP contribution is 2.33. The van der Waals surface area contributed by atoms with Crippen LogP contribution < -0.4 is 10.1 Å². The van der Waals surface area contributed by atoms with E-state index in [-0.39, 0.29) is 18.2 Å². The molecule has 1 aliphatic rings. The molecule has 4 rings (SSSR count). The first kappa shape index (κ1) is 26.2. The van der Waals surface area contributed by atoms with Gasteiger partial charge in [0.1, 0.15) is 22.8 Å². The van der Waals surface area contributed by atoms with Gasteiger partial charge < -0.3 is 19.1 Å². The SMILES string of the molecule is CN(C(=O)OC(C)(C)C)C1CC(Oc2nc(-c3cnn(C)c3)cn3nc(NC(=O)OC(C)(C)C)cc23)C1. The summed E-state index contributed by atoms with van der Waals surface area (Å²) in [7, 11) is 3.56. The molecule has 1 fully saturated rings. The third kappa shape index (κ3) is 6.49. The minimum absolute atomic E-state index is 0.00619. The summed E-state index contributed by atoms with van der Waals surface area (Å²) in [6, 6.07) is 1.69. The highest BCUT2D eigenvalue weighted by Gasteiger charge is 2.38. The molecule has 1 N–H and O–H groups in total. The number of carbonyl (C=O) groups excluding carboxylic acids is 2. The van der Waals surface area contributed by atoms with E-state index in [0.29, 0.717) is 35.8 Å². The first-order chi connectivity index (χ1) is 17.2. The Balaban J connectivity index is 1.54. The van der Waals surface area contributed by atoms with Gasteiger partial charge in [-0.1, -0.05) is 0 Å². The molecule has 1 saturated carbocycles. The highest BCUT2D eigenvalue weighted by atomic mass is 16.6. The van der Waals surface area contributed by atoms with Crippen molar-refractivity contribution in [2.75, 3.05) is 12.4 Å². The molecule has 0 spiro atoms. The third-order valence-electron chi connectivity index (χ3n) is 5.63. The minimum Gasteiger partial charge on any atom is -0.473 e. The molecule has 200 valence electrons. The standard InChI is InChI=1S/C25H35N7O5/c1-24(2,3)36-22(33)28-20-11-19-21(27-18(14-32(19)29-20)15-12-26-30(7)13-15)35-17-9-16(10-17)31(8)23(34)37-25(4,5)6/h11-14,16-17H,9-10H2,1-8H3,(H,28,29,33). The zero-order chi connectivity index (χ0) is 27.1. The second-order valence-corrected chi connectivity index (χ2v) is 11.3. The lowest BCUT2D eigenvalue weighted by molar-refractivity contribution is -0.00938. The predicted octanol–water partition coefficient (Wildman–Crippen LogP) is 4.25. The van der Waals surface area contributed by atoms with E-state index >= 15 is 0 Å². The van der Waals surface area contributed by atoms with Crippen molar-refractivity contribution in [2.24, 2.45) is 7.05 Å². The number of nitrogens with zero attached hydrogens (tertiary/aromatic N) is 6. The summed E-state index contributed by atoms with van der Waals surface area (Å²) in [5, 5.41) is 11.4. The lowest BCUT2D eigenvalue weighted by Gasteiger charge is -2.40. The Morgan fingerprint density at radius 1 is 1.08 bits per heavy atom.